The lowest BCUT2D eigenvalue weighted by atomic mass is 9.93. The molecule has 0 saturated carbocycles. The molecule has 0 amide bonds. The molecule has 0 aliphatic heterocycles. The van der Waals surface area contributed by atoms with Crippen LogP contribution >= 0.6 is 0 Å². The molecule has 17 heavy (non-hydrogen) atoms. The van der Waals surface area contributed by atoms with Crippen molar-refractivity contribution in [3.8, 4) is 0 Å². The van der Waals surface area contributed by atoms with Gasteiger partial charge in [0.05, 0.1) is 0 Å². The van der Waals surface area contributed by atoms with Crippen LogP contribution in [0.4, 0.5) is 5.82 Å². The largest absolute Gasteiger partial charge is 0.356 e. The van der Waals surface area contributed by atoms with Crippen molar-refractivity contribution < 1.29 is 0 Å². The summed E-state index contributed by atoms with van der Waals surface area (Å²) in [5.41, 5.74) is 7.19. The van der Waals surface area contributed by atoms with E-state index in [0.717, 1.165) is 25.3 Å². The highest BCUT2D eigenvalue weighted by Gasteiger charge is 2.20. The highest BCUT2D eigenvalue weighted by Crippen LogP contribution is 2.20. The maximum atomic E-state index is 5.81. The van der Waals surface area contributed by atoms with Crippen LogP contribution in [0.15, 0.2) is 18.3 Å². The zero-order valence-electron chi connectivity index (χ0n) is 11.5. The van der Waals surface area contributed by atoms with Crippen LogP contribution in [0.2, 0.25) is 0 Å². The van der Waals surface area contributed by atoms with Gasteiger partial charge in [-0.3, -0.25) is 0 Å². The Hall–Kier alpha value is -1.09. The van der Waals surface area contributed by atoms with Gasteiger partial charge in [0.15, 0.2) is 0 Å². The number of aromatic nitrogens is 1. The number of aryl methyl sites for hydroxylation is 1. The molecule has 0 atom stereocenters. The summed E-state index contributed by atoms with van der Waals surface area (Å²) in [5, 5.41) is 0. The van der Waals surface area contributed by atoms with Crippen molar-refractivity contribution in [2.75, 3.05) is 24.5 Å². The summed E-state index contributed by atoms with van der Waals surface area (Å²) in [6.45, 7) is 11.4. The number of hydrogen-bond donors (Lipinski definition) is 1. The Bertz CT molecular complexity index is 347. The Labute approximate surface area is 105 Å². The Morgan fingerprint density at radius 3 is 2.65 bits per heavy atom. The molecule has 0 spiro atoms. The van der Waals surface area contributed by atoms with E-state index in [1.54, 1.807) is 0 Å². The molecule has 0 saturated heterocycles. The normalized spacial score (nSPS) is 11.6. The van der Waals surface area contributed by atoms with Crippen LogP contribution < -0.4 is 10.6 Å². The summed E-state index contributed by atoms with van der Waals surface area (Å²) < 4.78 is 0. The van der Waals surface area contributed by atoms with Gasteiger partial charge in [0.2, 0.25) is 0 Å². The summed E-state index contributed by atoms with van der Waals surface area (Å²) in [6, 6.07) is 4.17. The number of nitrogens with zero attached hydrogens (tertiary/aromatic N) is 2. The second-order valence-corrected chi connectivity index (χ2v) is 5.48. The van der Waals surface area contributed by atoms with Crippen LogP contribution in [0, 0.1) is 12.3 Å². The fourth-order valence-electron chi connectivity index (χ4n) is 1.82. The highest BCUT2D eigenvalue weighted by molar-refractivity contribution is 5.40. The first kappa shape index (κ1) is 14.0. The van der Waals surface area contributed by atoms with Crippen LogP contribution in [0.3, 0.4) is 0 Å². The van der Waals surface area contributed by atoms with E-state index in [1.165, 1.54) is 5.56 Å². The third-order valence-corrected chi connectivity index (χ3v) is 2.89. The van der Waals surface area contributed by atoms with Crippen LogP contribution in [0.1, 0.15) is 32.8 Å². The number of rotatable bonds is 6. The van der Waals surface area contributed by atoms with Gasteiger partial charge in [0, 0.05) is 19.3 Å². The first-order valence-electron chi connectivity index (χ1n) is 6.36. The monoisotopic (exact) mass is 235 g/mol. The Morgan fingerprint density at radius 2 is 2.12 bits per heavy atom. The molecule has 0 unspecified atom stereocenters. The third kappa shape index (κ3) is 4.35. The van der Waals surface area contributed by atoms with Gasteiger partial charge < -0.3 is 10.6 Å². The lowest BCUT2D eigenvalue weighted by molar-refractivity contribution is 0.376. The van der Waals surface area contributed by atoms with Gasteiger partial charge >= 0.3 is 0 Å². The molecule has 0 aromatic carbocycles. The zero-order chi connectivity index (χ0) is 12.9. The van der Waals surface area contributed by atoms with Crippen LogP contribution in [-0.4, -0.2) is 24.6 Å². The number of nitrogens with two attached hydrogens (primary N) is 1. The van der Waals surface area contributed by atoms with Crippen molar-refractivity contribution in [3.63, 3.8) is 0 Å². The smallest absolute Gasteiger partial charge is 0.128 e. The van der Waals surface area contributed by atoms with Gasteiger partial charge in [0.25, 0.3) is 0 Å². The lowest BCUT2D eigenvalue weighted by Crippen LogP contribution is -2.39. The zero-order valence-corrected chi connectivity index (χ0v) is 11.5. The van der Waals surface area contributed by atoms with E-state index in [-0.39, 0.29) is 5.41 Å². The minimum absolute atomic E-state index is 0.126. The van der Waals surface area contributed by atoms with Crippen molar-refractivity contribution >= 4 is 5.82 Å². The minimum Gasteiger partial charge on any atom is -0.356 e. The topological polar surface area (TPSA) is 42.1 Å². The molecule has 3 nitrogen and oxygen atoms in total. The minimum atomic E-state index is 0.126. The van der Waals surface area contributed by atoms with Crippen LogP contribution in [-0.2, 0) is 0 Å². The van der Waals surface area contributed by atoms with Gasteiger partial charge in [-0.25, -0.2) is 4.98 Å². The van der Waals surface area contributed by atoms with E-state index < -0.39 is 0 Å². The lowest BCUT2D eigenvalue weighted by Gasteiger charge is -2.32. The summed E-state index contributed by atoms with van der Waals surface area (Å²) in [7, 11) is 0. The summed E-state index contributed by atoms with van der Waals surface area (Å²) >= 11 is 0. The molecule has 0 fully saturated rings. The molecule has 0 radical (unpaired) electrons. The molecule has 3 heteroatoms. The molecular formula is C14H25N3. The van der Waals surface area contributed by atoms with E-state index in [4.69, 9.17) is 5.73 Å². The summed E-state index contributed by atoms with van der Waals surface area (Å²) in [4.78, 5) is 6.80. The van der Waals surface area contributed by atoms with Crippen LogP contribution in [0.5, 0.6) is 0 Å². The first-order valence-corrected chi connectivity index (χ1v) is 6.36. The first-order chi connectivity index (χ1) is 7.98. The quantitative estimate of drug-likeness (QED) is 0.824. The van der Waals surface area contributed by atoms with Crippen molar-refractivity contribution in [2.24, 2.45) is 11.1 Å². The van der Waals surface area contributed by atoms with Crippen molar-refractivity contribution in [1.82, 2.24) is 4.98 Å². The third-order valence-electron chi connectivity index (χ3n) is 2.89. The molecule has 96 valence electrons. The second-order valence-electron chi connectivity index (χ2n) is 5.48. The molecule has 1 aromatic rings. The number of anilines is 1. The van der Waals surface area contributed by atoms with Gasteiger partial charge in [-0.1, -0.05) is 20.8 Å². The molecule has 0 aliphatic rings. The van der Waals surface area contributed by atoms with E-state index in [0.29, 0.717) is 6.54 Å². The van der Waals surface area contributed by atoms with E-state index in [9.17, 15) is 0 Å². The SMILES string of the molecule is CCCN(CC(C)(C)CN)c1cc(C)ccn1. The Morgan fingerprint density at radius 1 is 1.41 bits per heavy atom. The number of pyridine rings is 1. The number of hydrogen-bond acceptors (Lipinski definition) is 3. The predicted octanol–water partition coefficient (Wildman–Crippen LogP) is 2.59. The average molecular weight is 235 g/mol. The van der Waals surface area contributed by atoms with E-state index >= 15 is 0 Å². The maximum absolute atomic E-state index is 5.81. The maximum Gasteiger partial charge on any atom is 0.128 e. The Balaban J connectivity index is 2.85. The Kier molecular flexibility index (Phi) is 4.94. The van der Waals surface area contributed by atoms with Gasteiger partial charge in [-0.15, -0.1) is 0 Å². The molecule has 1 aromatic heterocycles. The van der Waals surface area contributed by atoms with Crippen molar-refractivity contribution in [2.45, 2.75) is 34.1 Å². The fourth-order valence-corrected chi connectivity index (χ4v) is 1.82. The average Bonchev–Trinajstić information content (AvgIpc) is 2.28. The molecule has 0 aliphatic carbocycles. The fraction of sp³-hybridized carbons (Fsp3) is 0.643. The van der Waals surface area contributed by atoms with Crippen molar-refractivity contribution in [3.05, 3.63) is 23.9 Å². The summed E-state index contributed by atoms with van der Waals surface area (Å²) in [5.74, 6) is 1.06. The second kappa shape index (κ2) is 6.01. The molecule has 2 N–H and O–H groups in total. The predicted molar refractivity (Wildman–Crippen MR) is 74.3 cm³/mol. The van der Waals surface area contributed by atoms with Gasteiger partial charge in [-0.05, 0) is 43.0 Å². The molecular weight excluding hydrogens is 210 g/mol. The highest BCUT2D eigenvalue weighted by atomic mass is 15.2. The summed E-state index contributed by atoms with van der Waals surface area (Å²) in [6.07, 6.45) is 3.00. The van der Waals surface area contributed by atoms with E-state index in [2.05, 4.69) is 43.6 Å². The standard InChI is InChI=1S/C14H25N3/c1-5-8-17(11-14(3,4)10-15)13-9-12(2)6-7-16-13/h6-7,9H,5,8,10-11,15H2,1-4H3. The van der Waals surface area contributed by atoms with Gasteiger partial charge in [0.1, 0.15) is 5.82 Å². The molecule has 1 heterocycles. The van der Waals surface area contributed by atoms with E-state index in [1.807, 2.05) is 12.3 Å². The van der Waals surface area contributed by atoms with Gasteiger partial charge in [-0.2, -0.15) is 0 Å². The molecule has 1 rings (SSSR count). The molecule has 0 bridgehead atoms. The van der Waals surface area contributed by atoms with Crippen molar-refractivity contribution in [1.29, 1.82) is 0 Å². The van der Waals surface area contributed by atoms with Crippen LogP contribution in [0.25, 0.3) is 0 Å².